The van der Waals surface area contributed by atoms with E-state index in [4.69, 9.17) is 4.74 Å². The summed E-state index contributed by atoms with van der Waals surface area (Å²) in [5.74, 6) is 0.899. The number of halogens is 1. The van der Waals surface area contributed by atoms with E-state index in [2.05, 4.69) is 21.2 Å². The molecular formula is C11H12BrNO2. The van der Waals surface area contributed by atoms with Gasteiger partial charge in [0.25, 0.3) is 0 Å². The summed E-state index contributed by atoms with van der Waals surface area (Å²) in [5.41, 5.74) is 1.04. The van der Waals surface area contributed by atoms with Crippen LogP contribution < -0.4 is 10.1 Å². The minimum Gasteiger partial charge on any atom is -0.496 e. The average Bonchev–Trinajstić information content (AvgIpc) is 2.64. The van der Waals surface area contributed by atoms with Crippen LogP contribution in [0.1, 0.15) is 17.9 Å². The van der Waals surface area contributed by atoms with E-state index in [1.807, 2.05) is 18.2 Å². The van der Waals surface area contributed by atoms with Crippen LogP contribution in [0.3, 0.4) is 0 Å². The highest BCUT2D eigenvalue weighted by atomic mass is 79.9. The number of hydrogen-bond acceptors (Lipinski definition) is 2. The third-order valence-electron chi connectivity index (χ3n) is 2.63. The summed E-state index contributed by atoms with van der Waals surface area (Å²) >= 11 is 3.42. The Labute approximate surface area is 96.9 Å². The number of carbonyl (C=O) groups is 1. The Bertz CT molecular complexity index is 392. The van der Waals surface area contributed by atoms with E-state index in [1.165, 1.54) is 0 Å². The van der Waals surface area contributed by atoms with Crippen molar-refractivity contribution in [1.82, 2.24) is 5.32 Å². The molecule has 1 fully saturated rings. The molecule has 15 heavy (non-hydrogen) atoms. The standard InChI is InChI=1S/C11H12BrNO2/c1-15-10-3-2-7(6-9(10)12)8-4-5-13-11(8)14/h2-3,6,8H,4-5H2,1H3,(H,13,14). The van der Waals surface area contributed by atoms with Gasteiger partial charge in [-0.2, -0.15) is 0 Å². The summed E-state index contributed by atoms with van der Waals surface area (Å²) in [6, 6.07) is 5.78. The van der Waals surface area contributed by atoms with Crippen molar-refractivity contribution in [2.75, 3.05) is 13.7 Å². The number of amides is 1. The highest BCUT2D eigenvalue weighted by molar-refractivity contribution is 9.10. The molecule has 1 saturated heterocycles. The van der Waals surface area contributed by atoms with Crippen molar-refractivity contribution in [2.45, 2.75) is 12.3 Å². The predicted octanol–water partition coefficient (Wildman–Crippen LogP) is 2.06. The van der Waals surface area contributed by atoms with E-state index < -0.39 is 0 Å². The molecule has 1 atom stereocenters. The number of rotatable bonds is 2. The van der Waals surface area contributed by atoms with Crippen molar-refractivity contribution < 1.29 is 9.53 Å². The van der Waals surface area contributed by atoms with Crippen molar-refractivity contribution in [3.63, 3.8) is 0 Å². The van der Waals surface area contributed by atoms with Crippen molar-refractivity contribution in [3.8, 4) is 5.75 Å². The molecule has 1 aromatic carbocycles. The number of nitrogens with one attached hydrogen (secondary N) is 1. The fraction of sp³-hybridized carbons (Fsp3) is 0.364. The summed E-state index contributed by atoms with van der Waals surface area (Å²) in [4.78, 5) is 11.5. The van der Waals surface area contributed by atoms with E-state index in [9.17, 15) is 4.79 Å². The van der Waals surface area contributed by atoms with Crippen LogP contribution in [-0.2, 0) is 4.79 Å². The lowest BCUT2D eigenvalue weighted by Crippen LogP contribution is -2.17. The molecule has 1 heterocycles. The van der Waals surface area contributed by atoms with Gasteiger partial charge in [-0.15, -0.1) is 0 Å². The van der Waals surface area contributed by atoms with Gasteiger partial charge in [-0.1, -0.05) is 6.07 Å². The fourth-order valence-corrected chi connectivity index (χ4v) is 2.37. The van der Waals surface area contributed by atoms with Gasteiger partial charge in [-0.25, -0.2) is 0 Å². The maximum absolute atomic E-state index is 11.5. The van der Waals surface area contributed by atoms with Crippen molar-refractivity contribution in [1.29, 1.82) is 0 Å². The zero-order chi connectivity index (χ0) is 10.8. The maximum atomic E-state index is 11.5. The summed E-state index contributed by atoms with van der Waals surface area (Å²) in [7, 11) is 1.63. The minimum absolute atomic E-state index is 0.00722. The number of methoxy groups -OCH3 is 1. The van der Waals surface area contributed by atoms with Crippen LogP contribution in [0.2, 0.25) is 0 Å². The van der Waals surface area contributed by atoms with Crippen LogP contribution in [0, 0.1) is 0 Å². The molecule has 1 aromatic rings. The van der Waals surface area contributed by atoms with Crippen molar-refractivity contribution in [2.24, 2.45) is 0 Å². The Balaban J connectivity index is 2.29. The predicted molar refractivity (Wildman–Crippen MR) is 61.1 cm³/mol. The molecule has 1 amide bonds. The number of hydrogen-bond donors (Lipinski definition) is 1. The maximum Gasteiger partial charge on any atom is 0.227 e. The lowest BCUT2D eigenvalue weighted by molar-refractivity contribution is -0.120. The van der Waals surface area contributed by atoms with E-state index >= 15 is 0 Å². The summed E-state index contributed by atoms with van der Waals surface area (Å²) in [5, 5.41) is 2.83. The molecule has 4 heteroatoms. The number of benzene rings is 1. The first kappa shape index (κ1) is 10.5. The lowest BCUT2D eigenvalue weighted by atomic mass is 9.98. The smallest absolute Gasteiger partial charge is 0.227 e. The Morgan fingerprint density at radius 1 is 1.53 bits per heavy atom. The molecule has 3 nitrogen and oxygen atoms in total. The van der Waals surface area contributed by atoms with Crippen molar-refractivity contribution in [3.05, 3.63) is 28.2 Å². The molecule has 1 unspecified atom stereocenters. The Hall–Kier alpha value is -1.03. The molecule has 1 aliphatic rings. The van der Waals surface area contributed by atoms with Gasteiger partial charge in [0.15, 0.2) is 0 Å². The summed E-state index contributed by atoms with van der Waals surface area (Å²) in [6.07, 6.45) is 0.873. The van der Waals surface area contributed by atoms with Crippen LogP contribution >= 0.6 is 15.9 Å². The molecule has 1 N–H and O–H groups in total. The second-order valence-corrected chi connectivity index (χ2v) is 4.38. The number of carbonyl (C=O) groups excluding carboxylic acids is 1. The highest BCUT2D eigenvalue weighted by Gasteiger charge is 2.25. The largest absolute Gasteiger partial charge is 0.496 e. The van der Waals surface area contributed by atoms with Gasteiger partial charge in [0, 0.05) is 6.54 Å². The van der Waals surface area contributed by atoms with E-state index in [-0.39, 0.29) is 11.8 Å². The quantitative estimate of drug-likeness (QED) is 0.893. The third-order valence-corrected chi connectivity index (χ3v) is 3.25. The first-order valence-electron chi connectivity index (χ1n) is 4.83. The topological polar surface area (TPSA) is 38.3 Å². The first-order valence-corrected chi connectivity index (χ1v) is 5.63. The van der Waals surface area contributed by atoms with E-state index in [0.717, 1.165) is 28.8 Å². The molecule has 0 radical (unpaired) electrons. The molecule has 80 valence electrons. The van der Waals surface area contributed by atoms with Crippen LogP contribution in [0.15, 0.2) is 22.7 Å². The van der Waals surface area contributed by atoms with Gasteiger partial charge in [0.2, 0.25) is 5.91 Å². The van der Waals surface area contributed by atoms with Gasteiger partial charge in [-0.05, 0) is 40.0 Å². The van der Waals surface area contributed by atoms with Crippen LogP contribution in [0.4, 0.5) is 0 Å². The Morgan fingerprint density at radius 2 is 2.33 bits per heavy atom. The third kappa shape index (κ3) is 2.00. The molecule has 0 saturated carbocycles. The van der Waals surface area contributed by atoms with Crippen LogP contribution in [0.25, 0.3) is 0 Å². The normalized spacial score (nSPS) is 20.1. The Kier molecular flexibility index (Phi) is 2.95. The number of ether oxygens (including phenoxy) is 1. The lowest BCUT2D eigenvalue weighted by Gasteiger charge is -2.09. The van der Waals surface area contributed by atoms with Gasteiger partial charge in [0.05, 0.1) is 17.5 Å². The molecule has 0 spiro atoms. The van der Waals surface area contributed by atoms with Gasteiger partial charge in [0.1, 0.15) is 5.75 Å². The second kappa shape index (κ2) is 4.23. The SMILES string of the molecule is COc1ccc(C2CCNC2=O)cc1Br. The highest BCUT2D eigenvalue weighted by Crippen LogP contribution is 2.31. The van der Waals surface area contributed by atoms with Crippen LogP contribution in [0.5, 0.6) is 5.75 Å². The molecule has 2 rings (SSSR count). The van der Waals surface area contributed by atoms with Gasteiger partial charge in [-0.3, -0.25) is 4.79 Å². The van der Waals surface area contributed by atoms with Gasteiger partial charge >= 0.3 is 0 Å². The van der Waals surface area contributed by atoms with E-state index in [0.29, 0.717) is 0 Å². The summed E-state index contributed by atoms with van der Waals surface area (Å²) < 4.78 is 6.03. The fourth-order valence-electron chi connectivity index (χ4n) is 1.81. The zero-order valence-electron chi connectivity index (χ0n) is 8.42. The van der Waals surface area contributed by atoms with E-state index in [1.54, 1.807) is 7.11 Å². The molecule has 1 aliphatic heterocycles. The first-order chi connectivity index (χ1) is 7.22. The molecule has 0 bridgehead atoms. The van der Waals surface area contributed by atoms with Crippen LogP contribution in [-0.4, -0.2) is 19.6 Å². The molecular weight excluding hydrogens is 258 g/mol. The monoisotopic (exact) mass is 269 g/mol. The summed E-state index contributed by atoms with van der Waals surface area (Å²) in [6.45, 7) is 0.771. The Morgan fingerprint density at radius 3 is 2.87 bits per heavy atom. The average molecular weight is 270 g/mol. The molecule has 0 aliphatic carbocycles. The molecule has 0 aromatic heterocycles. The second-order valence-electron chi connectivity index (χ2n) is 3.53. The zero-order valence-corrected chi connectivity index (χ0v) is 10.0. The minimum atomic E-state index is -0.00722. The van der Waals surface area contributed by atoms with Crippen molar-refractivity contribution >= 4 is 21.8 Å². The van der Waals surface area contributed by atoms with Gasteiger partial charge < -0.3 is 10.1 Å².